The molecule has 1 heterocycles. The van der Waals surface area contributed by atoms with Crippen LogP contribution in [-0.4, -0.2) is 21.9 Å². The molecule has 0 amide bonds. The van der Waals surface area contributed by atoms with Gasteiger partial charge in [0, 0.05) is 30.4 Å². The summed E-state index contributed by atoms with van der Waals surface area (Å²) in [6.45, 7) is 0.882. The normalized spacial score (nSPS) is 22.9. The van der Waals surface area contributed by atoms with Crippen LogP contribution in [0.15, 0.2) is 42.7 Å². The molecular formula is C16H22N4. The molecule has 20 heavy (non-hydrogen) atoms. The first-order chi connectivity index (χ1) is 9.81. The largest absolute Gasteiger partial charge is 0.328 e. The summed E-state index contributed by atoms with van der Waals surface area (Å²) in [6.07, 6.45) is 8.69. The van der Waals surface area contributed by atoms with Gasteiger partial charge in [-0.1, -0.05) is 18.2 Å². The lowest BCUT2D eigenvalue weighted by atomic mass is 9.92. The maximum Gasteiger partial charge on any atom is 0.0645 e. The Morgan fingerprint density at radius 3 is 2.65 bits per heavy atom. The Balaban J connectivity index is 1.55. The molecule has 1 aliphatic carbocycles. The zero-order valence-electron chi connectivity index (χ0n) is 11.7. The molecule has 0 bridgehead atoms. The van der Waals surface area contributed by atoms with Crippen LogP contribution < -0.4 is 11.1 Å². The molecule has 1 aromatic heterocycles. The van der Waals surface area contributed by atoms with E-state index in [1.54, 1.807) is 0 Å². The van der Waals surface area contributed by atoms with E-state index < -0.39 is 0 Å². The molecule has 1 fully saturated rings. The summed E-state index contributed by atoms with van der Waals surface area (Å²) in [5.74, 6) is 0. The average molecular weight is 270 g/mol. The molecular weight excluding hydrogens is 248 g/mol. The minimum atomic E-state index is 0.411. The van der Waals surface area contributed by atoms with E-state index in [0.717, 1.165) is 25.1 Å². The van der Waals surface area contributed by atoms with Gasteiger partial charge >= 0.3 is 0 Å². The maximum absolute atomic E-state index is 5.93. The van der Waals surface area contributed by atoms with Gasteiger partial charge in [-0.25, -0.2) is 4.68 Å². The zero-order valence-corrected chi connectivity index (χ0v) is 11.7. The smallest absolute Gasteiger partial charge is 0.0645 e. The Hall–Kier alpha value is -1.65. The van der Waals surface area contributed by atoms with Gasteiger partial charge in [0.2, 0.25) is 0 Å². The van der Waals surface area contributed by atoms with E-state index in [9.17, 15) is 0 Å². The van der Waals surface area contributed by atoms with Crippen LogP contribution in [0.25, 0.3) is 5.69 Å². The van der Waals surface area contributed by atoms with Crippen molar-refractivity contribution in [1.29, 1.82) is 0 Å². The molecule has 0 aliphatic heterocycles. The van der Waals surface area contributed by atoms with Crippen molar-refractivity contribution in [3.8, 4) is 5.69 Å². The molecule has 3 rings (SSSR count). The SMILES string of the molecule is NC1CCC(NCc2cnn(-c3ccccc3)c2)CC1. The van der Waals surface area contributed by atoms with Gasteiger partial charge in [-0.2, -0.15) is 5.10 Å². The number of nitrogens with two attached hydrogens (primary N) is 1. The third kappa shape index (κ3) is 3.26. The molecule has 0 radical (unpaired) electrons. The van der Waals surface area contributed by atoms with Crippen LogP contribution in [0.1, 0.15) is 31.2 Å². The van der Waals surface area contributed by atoms with Crippen LogP contribution in [0.3, 0.4) is 0 Å². The molecule has 2 aromatic rings. The van der Waals surface area contributed by atoms with Gasteiger partial charge < -0.3 is 11.1 Å². The first-order valence-electron chi connectivity index (χ1n) is 7.39. The Kier molecular flexibility index (Phi) is 4.14. The minimum Gasteiger partial charge on any atom is -0.328 e. The number of benzene rings is 1. The van der Waals surface area contributed by atoms with Crippen LogP contribution in [-0.2, 0) is 6.54 Å². The summed E-state index contributed by atoms with van der Waals surface area (Å²) in [7, 11) is 0. The summed E-state index contributed by atoms with van der Waals surface area (Å²) >= 11 is 0. The molecule has 106 valence electrons. The monoisotopic (exact) mass is 270 g/mol. The van der Waals surface area contributed by atoms with Crippen molar-refractivity contribution < 1.29 is 0 Å². The lowest BCUT2D eigenvalue weighted by Gasteiger charge is -2.26. The highest BCUT2D eigenvalue weighted by molar-refractivity contribution is 5.30. The van der Waals surface area contributed by atoms with Crippen LogP contribution >= 0.6 is 0 Å². The molecule has 0 atom stereocenters. The summed E-state index contributed by atoms with van der Waals surface area (Å²) in [5.41, 5.74) is 8.26. The number of rotatable bonds is 4. The van der Waals surface area contributed by atoms with Gasteiger partial charge in [0.15, 0.2) is 0 Å². The fourth-order valence-electron chi connectivity index (χ4n) is 2.76. The van der Waals surface area contributed by atoms with Crippen molar-refractivity contribution in [2.24, 2.45) is 5.73 Å². The highest BCUT2D eigenvalue weighted by atomic mass is 15.3. The zero-order chi connectivity index (χ0) is 13.8. The molecule has 0 saturated heterocycles. The molecule has 4 heteroatoms. The molecule has 0 spiro atoms. The Bertz CT molecular complexity index is 526. The highest BCUT2D eigenvalue weighted by Crippen LogP contribution is 2.17. The lowest BCUT2D eigenvalue weighted by Crippen LogP contribution is -2.36. The van der Waals surface area contributed by atoms with Crippen LogP contribution in [0.2, 0.25) is 0 Å². The quantitative estimate of drug-likeness (QED) is 0.895. The number of para-hydroxylation sites is 1. The number of aromatic nitrogens is 2. The van der Waals surface area contributed by atoms with Gasteiger partial charge in [-0.05, 0) is 37.8 Å². The first-order valence-corrected chi connectivity index (χ1v) is 7.39. The maximum atomic E-state index is 5.93. The summed E-state index contributed by atoms with van der Waals surface area (Å²) in [5, 5.41) is 8.03. The van der Waals surface area contributed by atoms with Crippen LogP contribution in [0, 0.1) is 0 Å². The molecule has 1 aromatic carbocycles. The van der Waals surface area contributed by atoms with E-state index in [1.807, 2.05) is 29.1 Å². The minimum absolute atomic E-state index is 0.411. The summed E-state index contributed by atoms with van der Waals surface area (Å²) in [6, 6.07) is 11.2. The molecule has 1 saturated carbocycles. The van der Waals surface area contributed by atoms with Gasteiger partial charge in [-0.3, -0.25) is 0 Å². The van der Waals surface area contributed by atoms with E-state index in [0.29, 0.717) is 12.1 Å². The second-order valence-electron chi connectivity index (χ2n) is 5.62. The molecule has 4 nitrogen and oxygen atoms in total. The Labute approximate surface area is 120 Å². The van der Waals surface area contributed by atoms with Gasteiger partial charge in [0.1, 0.15) is 0 Å². The second-order valence-corrected chi connectivity index (χ2v) is 5.62. The van der Waals surface area contributed by atoms with E-state index in [2.05, 4.69) is 28.7 Å². The van der Waals surface area contributed by atoms with Crippen molar-refractivity contribution in [3.05, 3.63) is 48.3 Å². The average Bonchev–Trinajstić information content (AvgIpc) is 2.97. The van der Waals surface area contributed by atoms with Crippen molar-refractivity contribution in [2.75, 3.05) is 0 Å². The number of nitrogens with zero attached hydrogens (tertiary/aromatic N) is 2. The number of hydrogen-bond acceptors (Lipinski definition) is 3. The fraction of sp³-hybridized carbons (Fsp3) is 0.438. The van der Waals surface area contributed by atoms with E-state index in [-0.39, 0.29) is 0 Å². The van der Waals surface area contributed by atoms with Gasteiger partial charge in [0.25, 0.3) is 0 Å². The predicted octanol–water partition coefficient (Wildman–Crippen LogP) is 2.23. The second kappa shape index (κ2) is 6.20. The van der Waals surface area contributed by atoms with Crippen molar-refractivity contribution >= 4 is 0 Å². The van der Waals surface area contributed by atoms with Crippen LogP contribution in [0.4, 0.5) is 0 Å². The summed E-state index contributed by atoms with van der Waals surface area (Å²) < 4.78 is 1.92. The highest BCUT2D eigenvalue weighted by Gasteiger charge is 2.17. The fourth-order valence-corrected chi connectivity index (χ4v) is 2.76. The standard InChI is InChI=1S/C16H22N4/c17-14-6-8-15(9-7-14)18-10-13-11-19-20(12-13)16-4-2-1-3-5-16/h1-5,11-12,14-15,18H,6-10,17H2. The lowest BCUT2D eigenvalue weighted by molar-refractivity contribution is 0.342. The Morgan fingerprint density at radius 1 is 1.15 bits per heavy atom. The van der Waals surface area contributed by atoms with Crippen molar-refractivity contribution in [2.45, 2.75) is 44.3 Å². The Morgan fingerprint density at radius 2 is 1.90 bits per heavy atom. The van der Waals surface area contributed by atoms with Crippen LogP contribution in [0.5, 0.6) is 0 Å². The topological polar surface area (TPSA) is 55.9 Å². The molecule has 3 N–H and O–H groups in total. The third-order valence-electron chi connectivity index (χ3n) is 4.02. The van der Waals surface area contributed by atoms with E-state index >= 15 is 0 Å². The number of nitrogens with one attached hydrogen (secondary N) is 1. The first kappa shape index (κ1) is 13.3. The van der Waals surface area contributed by atoms with Crippen molar-refractivity contribution in [3.63, 3.8) is 0 Å². The molecule has 0 unspecified atom stereocenters. The van der Waals surface area contributed by atoms with E-state index in [1.165, 1.54) is 18.4 Å². The number of hydrogen-bond donors (Lipinski definition) is 2. The predicted molar refractivity (Wildman–Crippen MR) is 80.6 cm³/mol. The van der Waals surface area contributed by atoms with Gasteiger partial charge in [0.05, 0.1) is 11.9 Å². The van der Waals surface area contributed by atoms with Crippen molar-refractivity contribution in [1.82, 2.24) is 15.1 Å². The van der Waals surface area contributed by atoms with E-state index in [4.69, 9.17) is 5.73 Å². The van der Waals surface area contributed by atoms with Gasteiger partial charge in [-0.15, -0.1) is 0 Å². The molecule has 1 aliphatic rings. The third-order valence-corrected chi connectivity index (χ3v) is 4.02. The summed E-state index contributed by atoms with van der Waals surface area (Å²) in [4.78, 5) is 0.